The number of hydrogen-bond acceptors (Lipinski definition) is 7. The normalized spacial score (nSPS) is 11.2. The zero-order valence-electron chi connectivity index (χ0n) is 14.9. The van der Waals surface area contributed by atoms with E-state index >= 15 is 0 Å². The van der Waals surface area contributed by atoms with E-state index in [4.69, 9.17) is 9.47 Å². The van der Waals surface area contributed by atoms with Gasteiger partial charge in [0.25, 0.3) is 0 Å². The number of nitrogens with zero attached hydrogens (tertiary/aromatic N) is 1. The summed E-state index contributed by atoms with van der Waals surface area (Å²) in [6, 6.07) is 9.76. The molecule has 0 aromatic heterocycles. The Morgan fingerprint density at radius 3 is 2.30 bits per heavy atom. The van der Waals surface area contributed by atoms with Crippen LogP contribution < -0.4 is 14.8 Å². The molecule has 0 aliphatic heterocycles. The minimum absolute atomic E-state index is 0.0794. The number of rotatable bonds is 7. The summed E-state index contributed by atoms with van der Waals surface area (Å²) in [5, 5.41) is 40.9. The number of nitrogens with one attached hydrogen (secondary N) is 1. The van der Waals surface area contributed by atoms with Crippen LogP contribution in [0.1, 0.15) is 11.1 Å². The number of phenolic OH excluding ortho intramolecular Hbond substituents is 3. The Balaban J connectivity index is 2.10. The molecule has 0 atom stereocenters. The molecule has 0 heterocycles. The smallest absolute Gasteiger partial charge is 0.200 e. The fourth-order valence-electron chi connectivity index (χ4n) is 2.28. The SMILES string of the molecule is COc1cc(C=C/C=C(\C#N)NCc2ccc(O)c(O)c2)cc(OC)c1O. The van der Waals surface area contributed by atoms with Crippen LogP contribution >= 0.6 is 0 Å². The van der Waals surface area contributed by atoms with Crippen molar-refractivity contribution in [3.63, 3.8) is 0 Å². The molecule has 0 amide bonds. The van der Waals surface area contributed by atoms with Gasteiger partial charge >= 0.3 is 0 Å². The predicted molar refractivity (Wildman–Crippen MR) is 101 cm³/mol. The summed E-state index contributed by atoms with van der Waals surface area (Å²) in [5.74, 6) is 0.0705. The third-order valence-corrected chi connectivity index (χ3v) is 3.70. The number of nitriles is 1. The maximum atomic E-state index is 9.91. The molecule has 0 aliphatic rings. The lowest BCUT2D eigenvalue weighted by Crippen LogP contribution is -2.11. The van der Waals surface area contributed by atoms with E-state index in [1.54, 1.807) is 36.4 Å². The maximum absolute atomic E-state index is 9.91. The van der Waals surface area contributed by atoms with Crippen LogP contribution in [0.5, 0.6) is 28.7 Å². The number of benzene rings is 2. The lowest BCUT2D eigenvalue weighted by Gasteiger charge is -2.09. The molecule has 0 bridgehead atoms. The minimum Gasteiger partial charge on any atom is -0.504 e. The van der Waals surface area contributed by atoms with E-state index in [1.165, 1.54) is 26.4 Å². The van der Waals surface area contributed by atoms with Crippen molar-refractivity contribution in [3.05, 3.63) is 59.3 Å². The van der Waals surface area contributed by atoms with E-state index in [2.05, 4.69) is 5.32 Å². The molecule has 7 nitrogen and oxygen atoms in total. The highest BCUT2D eigenvalue weighted by atomic mass is 16.5. The largest absolute Gasteiger partial charge is 0.504 e. The molecule has 0 spiro atoms. The summed E-state index contributed by atoms with van der Waals surface area (Å²) in [7, 11) is 2.89. The van der Waals surface area contributed by atoms with E-state index in [9.17, 15) is 20.6 Å². The minimum atomic E-state index is -0.216. The Labute approximate surface area is 157 Å². The van der Waals surface area contributed by atoms with Gasteiger partial charge in [-0.05, 0) is 41.5 Å². The number of phenols is 3. The van der Waals surface area contributed by atoms with Crippen LogP contribution in [0, 0.1) is 11.3 Å². The number of methoxy groups -OCH3 is 2. The first-order chi connectivity index (χ1) is 13.0. The molecule has 2 aromatic rings. The second-order valence-electron chi connectivity index (χ2n) is 5.50. The van der Waals surface area contributed by atoms with Crippen molar-refractivity contribution in [1.82, 2.24) is 5.32 Å². The first kappa shape index (κ1) is 19.5. The topological polar surface area (TPSA) is 115 Å². The van der Waals surface area contributed by atoms with Gasteiger partial charge in [-0.15, -0.1) is 0 Å². The molecule has 0 saturated carbocycles. The Morgan fingerprint density at radius 2 is 1.74 bits per heavy atom. The van der Waals surface area contributed by atoms with Gasteiger partial charge in [0.05, 0.1) is 14.2 Å². The van der Waals surface area contributed by atoms with E-state index in [1.807, 2.05) is 6.07 Å². The van der Waals surface area contributed by atoms with Crippen LogP contribution in [0.2, 0.25) is 0 Å². The van der Waals surface area contributed by atoms with E-state index in [0.717, 1.165) is 5.56 Å². The Bertz CT molecular complexity index is 888. The number of ether oxygens (including phenoxy) is 2. The summed E-state index contributed by atoms with van der Waals surface area (Å²) in [4.78, 5) is 0. The maximum Gasteiger partial charge on any atom is 0.200 e. The monoisotopic (exact) mass is 368 g/mol. The second-order valence-corrected chi connectivity index (χ2v) is 5.50. The fraction of sp³-hybridized carbons (Fsp3) is 0.150. The average Bonchev–Trinajstić information content (AvgIpc) is 2.68. The highest BCUT2D eigenvalue weighted by Gasteiger charge is 2.09. The number of allylic oxidation sites excluding steroid dienone is 3. The molecule has 0 fully saturated rings. The zero-order chi connectivity index (χ0) is 19.8. The van der Waals surface area contributed by atoms with Crippen molar-refractivity contribution >= 4 is 6.08 Å². The third-order valence-electron chi connectivity index (χ3n) is 3.70. The number of aromatic hydroxyl groups is 3. The van der Waals surface area contributed by atoms with Crippen molar-refractivity contribution in [2.24, 2.45) is 0 Å². The second kappa shape index (κ2) is 9.06. The molecule has 0 saturated heterocycles. The van der Waals surface area contributed by atoms with Crippen LogP contribution in [0.15, 0.2) is 48.2 Å². The molecule has 0 unspecified atom stereocenters. The van der Waals surface area contributed by atoms with Crippen LogP contribution in [0.4, 0.5) is 0 Å². The molecule has 2 rings (SSSR count). The van der Waals surface area contributed by atoms with E-state index < -0.39 is 0 Å². The summed E-state index contributed by atoms with van der Waals surface area (Å²) < 4.78 is 10.2. The fourth-order valence-corrected chi connectivity index (χ4v) is 2.28. The number of hydrogen-bond donors (Lipinski definition) is 4. The molecule has 140 valence electrons. The third kappa shape index (κ3) is 5.09. The average molecular weight is 368 g/mol. The van der Waals surface area contributed by atoms with Gasteiger partial charge in [-0.2, -0.15) is 5.26 Å². The lowest BCUT2D eigenvalue weighted by atomic mass is 10.1. The van der Waals surface area contributed by atoms with Crippen molar-refractivity contribution < 1.29 is 24.8 Å². The summed E-state index contributed by atoms with van der Waals surface area (Å²) in [5.41, 5.74) is 1.75. The molecule has 0 aliphatic carbocycles. The van der Waals surface area contributed by atoms with Crippen molar-refractivity contribution in [2.75, 3.05) is 14.2 Å². The molecule has 27 heavy (non-hydrogen) atoms. The van der Waals surface area contributed by atoms with Gasteiger partial charge in [0.1, 0.15) is 11.8 Å². The van der Waals surface area contributed by atoms with Gasteiger partial charge in [-0.3, -0.25) is 0 Å². The van der Waals surface area contributed by atoms with Crippen LogP contribution in [0.25, 0.3) is 6.08 Å². The Kier molecular flexibility index (Phi) is 6.55. The Hall–Kier alpha value is -3.79. The first-order valence-corrected chi connectivity index (χ1v) is 7.96. The standard InChI is InChI=1S/C20H20N2O5/c1-26-18-9-13(10-19(27-2)20(18)25)4-3-5-15(11-21)22-12-14-6-7-16(23)17(24)8-14/h3-10,22-25H,12H2,1-2H3/b4-3?,15-5+. The van der Waals surface area contributed by atoms with Crippen LogP contribution in [0.3, 0.4) is 0 Å². The van der Waals surface area contributed by atoms with E-state index in [-0.39, 0.29) is 28.7 Å². The van der Waals surface area contributed by atoms with Gasteiger partial charge in [0.2, 0.25) is 5.75 Å². The zero-order valence-corrected chi connectivity index (χ0v) is 14.9. The van der Waals surface area contributed by atoms with Gasteiger partial charge in [-0.1, -0.05) is 18.2 Å². The molecule has 0 radical (unpaired) electrons. The predicted octanol–water partition coefficient (Wildman–Crippen LogP) is 3.03. The van der Waals surface area contributed by atoms with Gasteiger partial charge in [0.15, 0.2) is 23.0 Å². The highest BCUT2D eigenvalue weighted by Crippen LogP contribution is 2.37. The molecule has 2 aromatic carbocycles. The Morgan fingerprint density at radius 1 is 1.07 bits per heavy atom. The molecule has 7 heteroatoms. The summed E-state index contributed by atoms with van der Waals surface area (Å²) >= 11 is 0. The molecule has 4 N–H and O–H groups in total. The van der Waals surface area contributed by atoms with Gasteiger partial charge < -0.3 is 30.1 Å². The van der Waals surface area contributed by atoms with Crippen molar-refractivity contribution in [3.8, 4) is 34.8 Å². The quantitative estimate of drug-likeness (QED) is 0.337. The van der Waals surface area contributed by atoms with E-state index in [0.29, 0.717) is 17.8 Å². The van der Waals surface area contributed by atoms with Crippen molar-refractivity contribution in [1.29, 1.82) is 5.26 Å². The van der Waals surface area contributed by atoms with Crippen LogP contribution in [-0.2, 0) is 6.54 Å². The van der Waals surface area contributed by atoms with Crippen LogP contribution in [-0.4, -0.2) is 29.5 Å². The highest BCUT2D eigenvalue weighted by molar-refractivity contribution is 5.62. The lowest BCUT2D eigenvalue weighted by molar-refractivity contribution is 0.340. The first-order valence-electron chi connectivity index (χ1n) is 7.96. The summed E-state index contributed by atoms with van der Waals surface area (Å²) in [6.45, 7) is 0.307. The molecular formula is C20H20N2O5. The summed E-state index contributed by atoms with van der Waals surface area (Å²) in [6.07, 6.45) is 4.99. The molecular weight excluding hydrogens is 348 g/mol. The van der Waals surface area contributed by atoms with Gasteiger partial charge in [-0.25, -0.2) is 0 Å². The van der Waals surface area contributed by atoms with Gasteiger partial charge in [0, 0.05) is 6.54 Å². The van der Waals surface area contributed by atoms with Crippen molar-refractivity contribution in [2.45, 2.75) is 6.54 Å².